The number of benzene rings is 1. The lowest BCUT2D eigenvalue weighted by Gasteiger charge is -2.23. The summed E-state index contributed by atoms with van der Waals surface area (Å²) in [4.78, 5) is 14.3. The van der Waals surface area contributed by atoms with E-state index >= 15 is 0 Å². The average molecular weight is 367 g/mol. The summed E-state index contributed by atoms with van der Waals surface area (Å²) in [6, 6.07) is 9.81. The van der Waals surface area contributed by atoms with Gasteiger partial charge in [-0.15, -0.1) is 0 Å². The van der Waals surface area contributed by atoms with Crippen molar-refractivity contribution >= 4 is 6.09 Å². The van der Waals surface area contributed by atoms with Crippen LogP contribution < -0.4 is 0 Å². The normalized spacial score (nSPS) is 29.4. The molecule has 0 N–H and O–H groups in total. The Morgan fingerprint density at radius 3 is 3.00 bits per heavy atom. The molecule has 1 aromatic heterocycles. The molecule has 3 aliphatic rings. The van der Waals surface area contributed by atoms with Gasteiger partial charge in [0.25, 0.3) is 0 Å². The van der Waals surface area contributed by atoms with E-state index in [-0.39, 0.29) is 17.7 Å². The summed E-state index contributed by atoms with van der Waals surface area (Å²) >= 11 is 0. The molecule has 3 fully saturated rings. The van der Waals surface area contributed by atoms with Crippen molar-refractivity contribution in [3.63, 3.8) is 0 Å². The highest BCUT2D eigenvalue weighted by atomic mass is 16.6. The molecular weight excluding hydrogens is 342 g/mol. The zero-order valence-corrected chi connectivity index (χ0v) is 15.4. The monoisotopic (exact) mass is 367 g/mol. The maximum absolute atomic E-state index is 12.5. The molecule has 3 heterocycles. The summed E-state index contributed by atoms with van der Waals surface area (Å²) < 4.78 is 13.3. The summed E-state index contributed by atoms with van der Waals surface area (Å²) in [5.41, 5.74) is 2.32. The van der Waals surface area contributed by atoms with E-state index in [1.54, 1.807) is 0 Å². The standard InChI is InChI=1S/C21H25N3O3/c25-20(27-14-16-6-2-1-3-7-16)23-12-17-10-21(17,15-23)18-11-22-24(13-18)19-8-4-5-9-26-19/h1-3,6-7,11,13,17,19H,4-5,8-10,12,14-15H2. The molecule has 2 aliphatic heterocycles. The molecular formula is C21H25N3O3. The molecule has 27 heavy (non-hydrogen) atoms. The van der Waals surface area contributed by atoms with Gasteiger partial charge in [-0.2, -0.15) is 5.10 Å². The molecule has 5 rings (SSSR count). The first-order chi connectivity index (χ1) is 13.2. The topological polar surface area (TPSA) is 56.6 Å². The minimum atomic E-state index is -0.214. The predicted molar refractivity (Wildman–Crippen MR) is 99.1 cm³/mol. The molecule has 2 aromatic rings. The van der Waals surface area contributed by atoms with Crippen molar-refractivity contribution in [2.45, 2.75) is 43.9 Å². The number of hydrogen-bond acceptors (Lipinski definition) is 4. The van der Waals surface area contributed by atoms with Gasteiger partial charge in [0.2, 0.25) is 0 Å². The number of amides is 1. The zero-order chi connectivity index (χ0) is 18.3. The maximum atomic E-state index is 12.5. The Hall–Kier alpha value is -2.34. The minimum absolute atomic E-state index is 0.0643. The molecule has 142 valence electrons. The molecule has 1 amide bonds. The van der Waals surface area contributed by atoms with Crippen LogP contribution in [0.2, 0.25) is 0 Å². The first-order valence-corrected chi connectivity index (χ1v) is 9.86. The van der Waals surface area contributed by atoms with Gasteiger partial charge in [0.15, 0.2) is 0 Å². The largest absolute Gasteiger partial charge is 0.445 e. The van der Waals surface area contributed by atoms with Crippen LogP contribution in [0.4, 0.5) is 4.79 Å². The maximum Gasteiger partial charge on any atom is 0.410 e. The highest BCUT2D eigenvalue weighted by molar-refractivity contribution is 5.69. The van der Waals surface area contributed by atoms with E-state index in [9.17, 15) is 4.79 Å². The Morgan fingerprint density at radius 2 is 2.19 bits per heavy atom. The summed E-state index contributed by atoms with van der Waals surface area (Å²) in [5, 5.41) is 4.56. The van der Waals surface area contributed by atoms with Crippen LogP contribution >= 0.6 is 0 Å². The number of rotatable bonds is 4. The Labute approximate surface area is 159 Å². The van der Waals surface area contributed by atoms with Gasteiger partial charge in [-0.1, -0.05) is 30.3 Å². The number of carbonyl (C=O) groups excluding carboxylic acids is 1. The highest BCUT2D eigenvalue weighted by Gasteiger charge is 2.62. The smallest absolute Gasteiger partial charge is 0.410 e. The van der Waals surface area contributed by atoms with Gasteiger partial charge in [0.05, 0.1) is 6.20 Å². The number of carbonyl (C=O) groups is 1. The molecule has 3 unspecified atom stereocenters. The van der Waals surface area contributed by atoms with Crippen molar-refractivity contribution in [2.75, 3.05) is 19.7 Å². The van der Waals surface area contributed by atoms with Crippen LogP contribution in [-0.2, 0) is 21.5 Å². The molecule has 0 radical (unpaired) electrons. The molecule has 0 spiro atoms. The molecule has 3 atom stereocenters. The zero-order valence-electron chi connectivity index (χ0n) is 15.4. The summed E-state index contributed by atoms with van der Waals surface area (Å²) in [5.74, 6) is 0.520. The predicted octanol–water partition coefficient (Wildman–Crippen LogP) is 3.49. The van der Waals surface area contributed by atoms with Crippen LogP contribution in [0.3, 0.4) is 0 Å². The van der Waals surface area contributed by atoms with E-state index in [0.29, 0.717) is 12.5 Å². The number of piperidine rings is 1. The fourth-order valence-corrected chi connectivity index (χ4v) is 4.56. The van der Waals surface area contributed by atoms with Crippen LogP contribution in [0, 0.1) is 5.92 Å². The Balaban J connectivity index is 1.21. The van der Waals surface area contributed by atoms with Gasteiger partial charge < -0.3 is 14.4 Å². The summed E-state index contributed by atoms with van der Waals surface area (Å²) in [6.45, 7) is 2.64. The molecule has 1 saturated carbocycles. The number of nitrogens with zero attached hydrogens (tertiary/aromatic N) is 3. The van der Waals surface area contributed by atoms with E-state index in [4.69, 9.17) is 9.47 Å². The van der Waals surface area contributed by atoms with Crippen molar-refractivity contribution in [1.82, 2.24) is 14.7 Å². The molecule has 0 bridgehead atoms. The third-order valence-corrected chi connectivity index (χ3v) is 6.24. The molecule has 2 saturated heterocycles. The van der Waals surface area contributed by atoms with Crippen LogP contribution in [0.25, 0.3) is 0 Å². The van der Waals surface area contributed by atoms with Gasteiger partial charge in [-0.3, -0.25) is 0 Å². The second-order valence-electron chi connectivity index (χ2n) is 8.01. The number of ether oxygens (including phenoxy) is 2. The van der Waals surface area contributed by atoms with Gasteiger partial charge in [-0.25, -0.2) is 9.48 Å². The molecule has 6 heteroatoms. The van der Waals surface area contributed by atoms with Gasteiger partial charge >= 0.3 is 6.09 Å². The van der Waals surface area contributed by atoms with E-state index in [0.717, 1.165) is 44.5 Å². The first-order valence-electron chi connectivity index (χ1n) is 9.86. The van der Waals surface area contributed by atoms with Crippen LogP contribution in [-0.4, -0.2) is 40.5 Å². The summed E-state index contributed by atoms with van der Waals surface area (Å²) in [7, 11) is 0. The average Bonchev–Trinajstić information content (AvgIpc) is 3.09. The van der Waals surface area contributed by atoms with Gasteiger partial charge in [-0.05, 0) is 42.7 Å². The van der Waals surface area contributed by atoms with Gasteiger partial charge in [0.1, 0.15) is 12.8 Å². The fourth-order valence-electron chi connectivity index (χ4n) is 4.56. The van der Waals surface area contributed by atoms with E-state index in [1.807, 2.05) is 46.1 Å². The number of likely N-dealkylation sites (tertiary alicyclic amines) is 1. The van der Waals surface area contributed by atoms with Crippen molar-refractivity contribution in [3.05, 3.63) is 53.9 Å². The number of fused-ring (bicyclic) bond motifs is 1. The number of aromatic nitrogens is 2. The Morgan fingerprint density at radius 1 is 1.30 bits per heavy atom. The second-order valence-corrected chi connectivity index (χ2v) is 8.01. The fraction of sp³-hybridized carbons (Fsp3) is 0.524. The minimum Gasteiger partial charge on any atom is -0.445 e. The lowest BCUT2D eigenvalue weighted by atomic mass is 9.99. The third kappa shape index (κ3) is 3.12. The van der Waals surface area contributed by atoms with E-state index in [2.05, 4.69) is 11.3 Å². The van der Waals surface area contributed by atoms with Crippen LogP contribution in [0.5, 0.6) is 0 Å². The Bertz CT molecular complexity index is 815. The summed E-state index contributed by atoms with van der Waals surface area (Å²) in [6.07, 6.45) is 8.43. The SMILES string of the molecule is O=C(OCc1ccccc1)N1CC2CC2(c2cnn(C3CCCCO3)c2)C1. The lowest BCUT2D eigenvalue weighted by Crippen LogP contribution is -2.33. The van der Waals surface area contributed by atoms with Crippen LogP contribution in [0.1, 0.15) is 43.0 Å². The van der Waals surface area contributed by atoms with Crippen LogP contribution in [0.15, 0.2) is 42.7 Å². The van der Waals surface area contributed by atoms with Crippen molar-refractivity contribution in [1.29, 1.82) is 0 Å². The first kappa shape index (κ1) is 16.8. The highest BCUT2D eigenvalue weighted by Crippen LogP contribution is 2.59. The lowest BCUT2D eigenvalue weighted by molar-refractivity contribution is -0.0395. The molecule has 1 aliphatic carbocycles. The second kappa shape index (κ2) is 6.68. The van der Waals surface area contributed by atoms with Crippen molar-refractivity contribution < 1.29 is 14.3 Å². The number of hydrogen-bond donors (Lipinski definition) is 0. The van der Waals surface area contributed by atoms with E-state index in [1.165, 1.54) is 12.0 Å². The van der Waals surface area contributed by atoms with Crippen molar-refractivity contribution in [3.8, 4) is 0 Å². The Kier molecular flexibility index (Phi) is 4.16. The molecule has 1 aromatic carbocycles. The third-order valence-electron chi connectivity index (χ3n) is 6.24. The van der Waals surface area contributed by atoms with E-state index < -0.39 is 0 Å². The van der Waals surface area contributed by atoms with Gasteiger partial charge in [0, 0.05) is 31.3 Å². The molecule has 6 nitrogen and oxygen atoms in total. The quantitative estimate of drug-likeness (QED) is 0.830. The van der Waals surface area contributed by atoms with Crippen molar-refractivity contribution in [2.24, 2.45) is 5.92 Å².